The molecule has 0 saturated carbocycles. The molecule has 0 saturated heterocycles. The molecule has 8 heteroatoms. The molecule has 0 aliphatic rings. The van der Waals surface area contributed by atoms with Crippen molar-refractivity contribution < 1.29 is 9.72 Å². The van der Waals surface area contributed by atoms with Crippen LogP contribution in [0.3, 0.4) is 0 Å². The average molecular weight is 337 g/mol. The van der Waals surface area contributed by atoms with Crippen LogP contribution in [0.4, 0.5) is 5.69 Å². The Balaban J connectivity index is 1.71. The fourth-order valence-corrected chi connectivity index (χ4v) is 2.40. The predicted octanol–water partition coefficient (Wildman–Crippen LogP) is 2.32. The Labute approximate surface area is 143 Å². The van der Waals surface area contributed by atoms with E-state index in [1.807, 2.05) is 24.3 Å². The average Bonchev–Trinajstić information content (AvgIpc) is 3.01. The normalized spacial score (nSPS) is 10.4. The maximum atomic E-state index is 12.2. The van der Waals surface area contributed by atoms with Crippen molar-refractivity contribution in [1.29, 1.82) is 0 Å². The molecule has 0 fully saturated rings. The molecule has 25 heavy (non-hydrogen) atoms. The first-order valence-electron chi connectivity index (χ1n) is 7.51. The van der Waals surface area contributed by atoms with E-state index < -0.39 is 10.8 Å². The molecule has 2 heterocycles. The predicted molar refractivity (Wildman–Crippen MR) is 90.7 cm³/mol. The number of carbonyl (C=O) groups excluding carboxylic acids is 1. The highest BCUT2D eigenvalue weighted by atomic mass is 16.6. The van der Waals surface area contributed by atoms with E-state index in [0.717, 1.165) is 11.4 Å². The lowest BCUT2D eigenvalue weighted by Crippen LogP contribution is -2.23. The molecular formula is C17H15N5O3. The third-order valence-electron chi connectivity index (χ3n) is 3.61. The number of amides is 1. The highest BCUT2D eigenvalue weighted by Gasteiger charge is 2.13. The lowest BCUT2D eigenvalue weighted by Gasteiger charge is -2.03. The maximum Gasteiger partial charge on any atom is 0.270 e. The van der Waals surface area contributed by atoms with Gasteiger partial charge < -0.3 is 5.32 Å². The second kappa shape index (κ2) is 6.91. The molecule has 2 aromatic heterocycles. The molecule has 1 amide bonds. The summed E-state index contributed by atoms with van der Waals surface area (Å²) in [6.45, 7) is 0.211. The number of nitro groups is 1. The Morgan fingerprint density at radius 2 is 2.08 bits per heavy atom. The van der Waals surface area contributed by atoms with Gasteiger partial charge in [-0.2, -0.15) is 5.10 Å². The molecule has 126 valence electrons. The van der Waals surface area contributed by atoms with E-state index >= 15 is 0 Å². The van der Waals surface area contributed by atoms with Crippen LogP contribution in [0.1, 0.15) is 16.1 Å². The van der Waals surface area contributed by atoms with Crippen molar-refractivity contribution in [3.05, 3.63) is 76.1 Å². The van der Waals surface area contributed by atoms with Crippen LogP contribution >= 0.6 is 0 Å². The molecule has 3 rings (SSSR count). The standard InChI is InChI=1S/C17H15N5O3/c1-21-16(15-7-2-3-8-18-15)10-13(20-21)11-19-17(23)12-5-4-6-14(9-12)22(24)25/h2-10H,11H2,1H3,(H,19,23). The highest BCUT2D eigenvalue weighted by Crippen LogP contribution is 2.17. The molecule has 1 N–H and O–H groups in total. The van der Waals surface area contributed by atoms with Gasteiger partial charge in [0.15, 0.2) is 0 Å². The number of hydrogen-bond acceptors (Lipinski definition) is 5. The molecule has 3 aromatic rings. The van der Waals surface area contributed by atoms with E-state index in [-0.39, 0.29) is 17.8 Å². The van der Waals surface area contributed by atoms with Crippen LogP contribution in [0.25, 0.3) is 11.4 Å². The largest absolute Gasteiger partial charge is 0.346 e. The Kier molecular flexibility index (Phi) is 4.51. The summed E-state index contributed by atoms with van der Waals surface area (Å²) in [5, 5.41) is 17.9. The van der Waals surface area contributed by atoms with Gasteiger partial charge in [0.05, 0.1) is 28.5 Å². The van der Waals surface area contributed by atoms with E-state index in [0.29, 0.717) is 5.69 Å². The number of benzene rings is 1. The highest BCUT2D eigenvalue weighted by molar-refractivity contribution is 5.94. The van der Waals surface area contributed by atoms with E-state index in [2.05, 4.69) is 15.4 Å². The zero-order valence-corrected chi connectivity index (χ0v) is 13.4. The van der Waals surface area contributed by atoms with Crippen LogP contribution in [0.15, 0.2) is 54.7 Å². The smallest absolute Gasteiger partial charge is 0.270 e. The number of nitrogens with one attached hydrogen (secondary N) is 1. The number of hydrogen-bond donors (Lipinski definition) is 1. The third kappa shape index (κ3) is 3.69. The minimum absolute atomic E-state index is 0.122. The first kappa shape index (κ1) is 16.3. The van der Waals surface area contributed by atoms with Crippen LogP contribution in [-0.2, 0) is 13.6 Å². The van der Waals surface area contributed by atoms with Crippen molar-refractivity contribution in [2.75, 3.05) is 0 Å². The minimum Gasteiger partial charge on any atom is -0.346 e. The fourth-order valence-electron chi connectivity index (χ4n) is 2.40. The topological polar surface area (TPSA) is 103 Å². The van der Waals surface area contributed by atoms with Gasteiger partial charge in [0, 0.05) is 30.9 Å². The molecule has 0 unspecified atom stereocenters. The summed E-state index contributed by atoms with van der Waals surface area (Å²) in [6, 6.07) is 13.0. The van der Waals surface area contributed by atoms with Gasteiger partial charge in [0.25, 0.3) is 11.6 Å². The molecule has 0 radical (unpaired) electrons. The van der Waals surface area contributed by atoms with Gasteiger partial charge >= 0.3 is 0 Å². The van der Waals surface area contributed by atoms with Crippen LogP contribution in [-0.4, -0.2) is 25.6 Å². The lowest BCUT2D eigenvalue weighted by atomic mass is 10.2. The zero-order chi connectivity index (χ0) is 17.8. The van der Waals surface area contributed by atoms with Gasteiger partial charge in [0.1, 0.15) is 0 Å². The summed E-state index contributed by atoms with van der Waals surface area (Å²) >= 11 is 0. The fraction of sp³-hybridized carbons (Fsp3) is 0.118. The number of pyridine rings is 1. The summed E-state index contributed by atoms with van der Waals surface area (Å²) in [7, 11) is 1.80. The van der Waals surface area contributed by atoms with Crippen molar-refractivity contribution in [3.63, 3.8) is 0 Å². The SMILES string of the molecule is Cn1nc(CNC(=O)c2cccc([N+](=O)[O-])c2)cc1-c1ccccn1. The summed E-state index contributed by atoms with van der Waals surface area (Å²) in [5.74, 6) is -0.395. The van der Waals surface area contributed by atoms with E-state index in [1.165, 1.54) is 24.3 Å². The van der Waals surface area contributed by atoms with E-state index in [4.69, 9.17) is 0 Å². The molecule has 0 aliphatic carbocycles. The number of rotatable bonds is 5. The third-order valence-corrected chi connectivity index (χ3v) is 3.61. The molecular weight excluding hydrogens is 322 g/mol. The summed E-state index contributed by atoms with van der Waals surface area (Å²) in [5.41, 5.74) is 2.40. The summed E-state index contributed by atoms with van der Waals surface area (Å²) in [6.07, 6.45) is 1.70. The Morgan fingerprint density at radius 1 is 1.24 bits per heavy atom. The van der Waals surface area contributed by atoms with E-state index in [1.54, 1.807) is 17.9 Å². The molecule has 0 aliphatic heterocycles. The number of nitrogens with zero attached hydrogens (tertiary/aromatic N) is 4. The van der Waals surface area contributed by atoms with Crippen molar-refractivity contribution in [2.24, 2.45) is 7.05 Å². The van der Waals surface area contributed by atoms with Crippen molar-refractivity contribution >= 4 is 11.6 Å². The quantitative estimate of drug-likeness (QED) is 0.568. The Morgan fingerprint density at radius 3 is 2.80 bits per heavy atom. The second-order valence-electron chi connectivity index (χ2n) is 5.35. The van der Waals surface area contributed by atoms with Crippen LogP contribution in [0, 0.1) is 10.1 Å². The van der Waals surface area contributed by atoms with Crippen molar-refractivity contribution in [1.82, 2.24) is 20.1 Å². The number of aryl methyl sites for hydroxylation is 1. The maximum absolute atomic E-state index is 12.2. The van der Waals surface area contributed by atoms with Gasteiger partial charge in [-0.1, -0.05) is 12.1 Å². The van der Waals surface area contributed by atoms with Gasteiger partial charge in [0.2, 0.25) is 0 Å². The first-order chi connectivity index (χ1) is 12.0. The van der Waals surface area contributed by atoms with Gasteiger partial charge in [-0.05, 0) is 24.3 Å². The van der Waals surface area contributed by atoms with Crippen LogP contribution < -0.4 is 5.32 Å². The monoisotopic (exact) mass is 337 g/mol. The summed E-state index contributed by atoms with van der Waals surface area (Å²) in [4.78, 5) is 26.7. The number of non-ortho nitro benzene ring substituents is 1. The number of nitro benzene ring substituents is 1. The molecule has 1 aromatic carbocycles. The molecule has 0 bridgehead atoms. The minimum atomic E-state index is -0.533. The van der Waals surface area contributed by atoms with Gasteiger partial charge in [-0.3, -0.25) is 24.6 Å². The first-order valence-corrected chi connectivity index (χ1v) is 7.51. The molecule has 0 spiro atoms. The van der Waals surface area contributed by atoms with Gasteiger partial charge in [-0.15, -0.1) is 0 Å². The van der Waals surface area contributed by atoms with Crippen molar-refractivity contribution in [2.45, 2.75) is 6.54 Å². The van der Waals surface area contributed by atoms with Crippen LogP contribution in [0.2, 0.25) is 0 Å². The molecule has 0 atom stereocenters. The number of aromatic nitrogens is 3. The van der Waals surface area contributed by atoms with Crippen LogP contribution in [0.5, 0.6) is 0 Å². The summed E-state index contributed by atoms with van der Waals surface area (Å²) < 4.78 is 1.69. The Bertz CT molecular complexity index is 921. The van der Waals surface area contributed by atoms with Crippen molar-refractivity contribution in [3.8, 4) is 11.4 Å². The number of carbonyl (C=O) groups is 1. The Hall–Kier alpha value is -3.55. The lowest BCUT2D eigenvalue weighted by molar-refractivity contribution is -0.384. The van der Waals surface area contributed by atoms with E-state index in [9.17, 15) is 14.9 Å². The second-order valence-corrected chi connectivity index (χ2v) is 5.35. The molecule has 8 nitrogen and oxygen atoms in total. The van der Waals surface area contributed by atoms with Gasteiger partial charge in [-0.25, -0.2) is 0 Å². The zero-order valence-electron chi connectivity index (χ0n) is 13.4.